The zero-order valence-electron chi connectivity index (χ0n) is 16.7. The average Bonchev–Trinajstić information content (AvgIpc) is 3.01. The van der Waals surface area contributed by atoms with Gasteiger partial charge in [-0.2, -0.15) is 0 Å². The van der Waals surface area contributed by atoms with Crippen LogP contribution in [0.2, 0.25) is 0 Å². The lowest BCUT2D eigenvalue weighted by atomic mass is 9.70. The van der Waals surface area contributed by atoms with Gasteiger partial charge in [-0.25, -0.2) is 0 Å². The summed E-state index contributed by atoms with van der Waals surface area (Å²) in [6.45, 7) is 8.90. The number of benzene rings is 1. The second kappa shape index (κ2) is 6.95. The molecule has 146 valence electrons. The lowest BCUT2D eigenvalue weighted by molar-refractivity contribution is -0.136. The molecule has 0 unspecified atom stereocenters. The molecular formula is C22H31N3O2. The highest BCUT2D eigenvalue weighted by Gasteiger charge is 2.45. The van der Waals surface area contributed by atoms with Gasteiger partial charge in [-0.3, -0.25) is 4.79 Å². The first kappa shape index (κ1) is 18.5. The van der Waals surface area contributed by atoms with Crippen LogP contribution in [0.1, 0.15) is 41.6 Å². The molecule has 0 spiro atoms. The first-order valence-corrected chi connectivity index (χ1v) is 10.1. The van der Waals surface area contributed by atoms with E-state index in [1.807, 2.05) is 4.90 Å². The van der Waals surface area contributed by atoms with Crippen LogP contribution in [0, 0.1) is 26.2 Å². The second-order valence-electron chi connectivity index (χ2n) is 8.59. The summed E-state index contributed by atoms with van der Waals surface area (Å²) >= 11 is 0. The Bertz CT molecular complexity index is 872. The molecular weight excluding hydrogens is 338 g/mol. The highest BCUT2D eigenvalue weighted by atomic mass is 16.3. The van der Waals surface area contributed by atoms with Crippen LogP contribution >= 0.6 is 0 Å². The Kier molecular flexibility index (Phi) is 4.77. The molecule has 0 bridgehead atoms. The molecule has 2 aliphatic rings. The van der Waals surface area contributed by atoms with Crippen molar-refractivity contribution in [2.24, 2.45) is 5.41 Å². The number of nitrogens with zero attached hydrogens (tertiary/aromatic N) is 1. The number of piperidine rings is 2. The smallest absolute Gasteiger partial charge is 0.227 e. The monoisotopic (exact) mass is 369 g/mol. The summed E-state index contributed by atoms with van der Waals surface area (Å²) < 4.78 is 0. The van der Waals surface area contributed by atoms with E-state index < -0.39 is 0 Å². The van der Waals surface area contributed by atoms with Crippen LogP contribution in [-0.2, 0) is 11.2 Å². The van der Waals surface area contributed by atoms with Crippen molar-refractivity contribution in [3.05, 3.63) is 34.5 Å². The predicted octanol–water partition coefficient (Wildman–Crippen LogP) is 2.60. The van der Waals surface area contributed by atoms with Crippen LogP contribution in [0.4, 0.5) is 0 Å². The molecule has 1 aromatic carbocycles. The van der Waals surface area contributed by atoms with Gasteiger partial charge in [-0.05, 0) is 63.3 Å². The molecule has 5 nitrogen and oxygen atoms in total. The van der Waals surface area contributed by atoms with E-state index in [0.29, 0.717) is 19.0 Å². The van der Waals surface area contributed by atoms with E-state index in [0.717, 1.165) is 49.1 Å². The number of likely N-dealkylation sites (tertiary alicyclic amines) is 1. The molecule has 2 aliphatic heterocycles. The van der Waals surface area contributed by atoms with Gasteiger partial charge in [0.05, 0.1) is 13.0 Å². The fourth-order valence-corrected chi connectivity index (χ4v) is 5.20. The van der Waals surface area contributed by atoms with Crippen molar-refractivity contribution in [3.8, 4) is 0 Å². The first-order valence-electron chi connectivity index (χ1n) is 10.1. The van der Waals surface area contributed by atoms with Gasteiger partial charge in [0.2, 0.25) is 5.91 Å². The Morgan fingerprint density at radius 3 is 2.85 bits per heavy atom. The Hall–Kier alpha value is -1.85. The van der Waals surface area contributed by atoms with E-state index in [4.69, 9.17) is 0 Å². The van der Waals surface area contributed by atoms with E-state index in [1.165, 1.54) is 16.5 Å². The molecule has 3 heterocycles. The molecule has 27 heavy (non-hydrogen) atoms. The Balaban J connectivity index is 1.59. The summed E-state index contributed by atoms with van der Waals surface area (Å²) in [4.78, 5) is 18.7. The van der Waals surface area contributed by atoms with Crippen LogP contribution in [0.25, 0.3) is 10.9 Å². The number of aromatic amines is 1. The number of hydrogen-bond acceptors (Lipinski definition) is 3. The normalized spacial score (nSPS) is 25.6. The number of H-pyrrole nitrogens is 1. The standard InChI is InChI=1S/C22H31N3O2/c1-14-5-6-15(2)21-20(14)17(16(3)24-21)11-19(27)25-10-7-18-22(12-25,13-26)8-4-9-23-18/h5-6,18,23-24,26H,4,7-13H2,1-3H3/t18-,22-/m1/s1. The highest BCUT2D eigenvalue weighted by molar-refractivity contribution is 5.93. The highest BCUT2D eigenvalue weighted by Crippen LogP contribution is 2.37. The number of fused-ring (bicyclic) bond motifs is 2. The Labute approximate surface area is 161 Å². The van der Waals surface area contributed by atoms with Crippen LogP contribution in [0.15, 0.2) is 12.1 Å². The fourth-order valence-electron chi connectivity index (χ4n) is 5.20. The number of rotatable bonds is 3. The van der Waals surface area contributed by atoms with E-state index in [9.17, 15) is 9.90 Å². The molecule has 2 fully saturated rings. The van der Waals surface area contributed by atoms with Crippen molar-refractivity contribution in [3.63, 3.8) is 0 Å². The largest absolute Gasteiger partial charge is 0.396 e. The molecule has 3 N–H and O–H groups in total. The minimum atomic E-state index is -0.173. The van der Waals surface area contributed by atoms with Crippen LogP contribution in [-0.4, -0.2) is 53.2 Å². The van der Waals surface area contributed by atoms with Gasteiger partial charge in [0.1, 0.15) is 0 Å². The number of amides is 1. The summed E-state index contributed by atoms with van der Waals surface area (Å²) in [5, 5.41) is 14.9. The first-order chi connectivity index (χ1) is 12.9. The van der Waals surface area contributed by atoms with E-state index >= 15 is 0 Å². The zero-order valence-corrected chi connectivity index (χ0v) is 16.7. The van der Waals surface area contributed by atoms with E-state index in [2.05, 4.69) is 43.2 Å². The Morgan fingerprint density at radius 2 is 2.07 bits per heavy atom. The predicted molar refractivity (Wildman–Crippen MR) is 108 cm³/mol. The summed E-state index contributed by atoms with van der Waals surface area (Å²) in [5.41, 5.74) is 5.61. The third kappa shape index (κ3) is 3.07. The van der Waals surface area contributed by atoms with Gasteiger partial charge in [0, 0.05) is 41.1 Å². The van der Waals surface area contributed by atoms with Crippen LogP contribution < -0.4 is 5.32 Å². The van der Waals surface area contributed by atoms with E-state index in [1.54, 1.807) is 0 Å². The number of carbonyl (C=O) groups is 1. The zero-order chi connectivity index (χ0) is 19.2. The van der Waals surface area contributed by atoms with Gasteiger partial charge >= 0.3 is 0 Å². The van der Waals surface area contributed by atoms with Gasteiger partial charge < -0.3 is 20.3 Å². The molecule has 4 rings (SSSR count). The second-order valence-corrected chi connectivity index (χ2v) is 8.59. The molecule has 2 saturated heterocycles. The summed E-state index contributed by atoms with van der Waals surface area (Å²) in [6.07, 6.45) is 3.42. The molecule has 1 amide bonds. The van der Waals surface area contributed by atoms with Gasteiger partial charge in [0.25, 0.3) is 0 Å². The average molecular weight is 370 g/mol. The van der Waals surface area contributed by atoms with E-state index in [-0.39, 0.29) is 17.9 Å². The third-order valence-corrected chi connectivity index (χ3v) is 6.86. The topological polar surface area (TPSA) is 68.4 Å². The van der Waals surface area contributed by atoms with Crippen molar-refractivity contribution in [2.45, 2.75) is 52.5 Å². The maximum atomic E-state index is 13.2. The Morgan fingerprint density at radius 1 is 1.30 bits per heavy atom. The van der Waals surface area contributed by atoms with Crippen molar-refractivity contribution in [2.75, 3.05) is 26.2 Å². The maximum Gasteiger partial charge on any atom is 0.227 e. The lowest BCUT2D eigenvalue weighted by Crippen LogP contribution is -2.62. The van der Waals surface area contributed by atoms with Crippen molar-refractivity contribution in [1.82, 2.24) is 15.2 Å². The van der Waals surface area contributed by atoms with Crippen molar-refractivity contribution < 1.29 is 9.90 Å². The maximum absolute atomic E-state index is 13.2. The van der Waals surface area contributed by atoms with Crippen molar-refractivity contribution in [1.29, 1.82) is 0 Å². The minimum Gasteiger partial charge on any atom is -0.396 e. The number of aromatic nitrogens is 1. The number of aliphatic hydroxyl groups excluding tert-OH is 1. The summed E-state index contributed by atoms with van der Waals surface area (Å²) in [6, 6.07) is 4.60. The molecule has 1 aromatic heterocycles. The van der Waals surface area contributed by atoms with Gasteiger partial charge in [-0.15, -0.1) is 0 Å². The fraction of sp³-hybridized carbons (Fsp3) is 0.591. The minimum absolute atomic E-state index is 0.152. The SMILES string of the molecule is Cc1[nH]c2c(C)ccc(C)c2c1CC(=O)N1CC[C@H]2NCCC[C@]2(CO)C1. The summed E-state index contributed by atoms with van der Waals surface area (Å²) in [5.74, 6) is 0.178. The molecule has 0 radical (unpaired) electrons. The number of hydrogen-bond donors (Lipinski definition) is 3. The molecule has 2 aromatic rings. The molecule has 0 aliphatic carbocycles. The molecule has 2 atom stereocenters. The summed E-state index contributed by atoms with van der Waals surface area (Å²) in [7, 11) is 0. The number of carbonyl (C=O) groups excluding carboxylic acids is 1. The quantitative estimate of drug-likeness (QED) is 0.779. The third-order valence-electron chi connectivity index (χ3n) is 6.86. The molecule has 5 heteroatoms. The van der Waals surface area contributed by atoms with Crippen LogP contribution in [0.5, 0.6) is 0 Å². The number of nitrogens with one attached hydrogen (secondary N) is 2. The number of aliphatic hydroxyl groups is 1. The van der Waals surface area contributed by atoms with Crippen LogP contribution in [0.3, 0.4) is 0 Å². The van der Waals surface area contributed by atoms with Gasteiger partial charge in [-0.1, -0.05) is 12.1 Å². The van der Waals surface area contributed by atoms with Gasteiger partial charge in [0.15, 0.2) is 0 Å². The lowest BCUT2D eigenvalue weighted by Gasteiger charge is -2.50. The molecule has 0 saturated carbocycles. The number of aryl methyl sites for hydroxylation is 3. The van der Waals surface area contributed by atoms with Crippen molar-refractivity contribution >= 4 is 16.8 Å².